The van der Waals surface area contributed by atoms with E-state index in [1.54, 1.807) is 38.1 Å². The molecule has 21 heteroatoms. The maximum atomic E-state index is 14.2. The first-order valence-corrected chi connectivity index (χ1v) is 19.2. The van der Waals surface area contributed by atoms with E-state index in [2.05, 4.69) is 47.2 Å². The quantitative estimate of drug-likeness (QED) is 0.0642. The number of tetrazole rings is 1. The highest BCUT2D eigenvalue weighted by Crippen LogP contribution is 2.22. The Kier molecular flexibility index (Phi) is 17.2. The van der Waals surface area contributed by atoms with Gasteiger partial charge in [0, 0.05) is 31.9 Å². The van der Waals surface area contributed by atoms with Gasteiger partial charge in [-0.05, 0) is 55.2 Å². The minimum atomic E-state index is -1.58. The van der Waals surface area contributed by atoms with Crippen LogP contribution in [0.2, 0.25) is 0 Å². The van der Waals surface area contributed by atoms with E-state index < -0.39 is 95.5 Å². The third-order valence-electron chi connectivity index (χ3n) is 9.50. The number of primary amides is 2. The van der Waals surface area contributed by atoms with Crippen molar-refractivity contribution in [3.8, 4) is 11.4 Å². The number of likely N-dealkylation sites (tertiary alicyclic amines) is 1. The average Bonchev–Trinajstić information content (AvgIpc) is 3.86. The van der Waals surface area contributed by atoms with E-state index in [4.69, 9.17) is 11.5 Å². The second kappa shape index (κ2) is 21.5. The van der Waals surface area contributed by atoms with Gasteiger partial charge < -0.3 is 48.1 Å². The molecular formula is C37H56N12O9. The van der Waals surface area contributed by atoms with Gasteiger partial charge in [0.05, 0.1) is 6.10 Å². The monoisotopic (exact) mass is 812 g/mol. The molecule has 0 unspecified atom stereocenters. The number of hydrogen-bond donors (Lipinski definition) is 9. The van der Waals surface area contributed by atoms with E-state index in [9.17, 15) is 43.5 Å². The van der Waals surface area contributed by atoms with Gasteiger partial charge in [-0.15, -0.1) is 10.2 Å². The number of benzene rings is 1. The molecule has 1 aliphatic rings. The molecule has 0 radical (unpaired) electrons. The molecule has 1 aromatic heterocycles. The van der Waals surface area contributed by atoms with Crippen molar-refractivity contribution in [2.75, 3.05) is 6.54 Å². The van der Waals surface area contributed by atoms with Crippen LogP contribution in [0.15, 0.2) is 24.3 Å². The standard InChI is InChI=1S/C37H56N12O9/c1-18(2)16-26(42-34(55)25(40-21(6)51)17-22-9-11-23(12-10-22)32-45-47-48-46-32)37(58)49-15-7-8-27(49)35(56)41-24(13-14-28(38)52)33(54)44-30(20(5)50)36(57)43-29(19(3)4)31(39)53/h9-12,18-20,24-27,29-30,50H,7-8,13-17H2,1-6H3,(H2,38,52)(H2,39,53)(H,40,51)(H,41,56)(H,42,55)(H,43,57)(H,44,54)(H,45,46,47,48)/t20-,24+,25+,26+,27-,29+,30+/m1/s1. The van der Waals surface area contributed by atoms with Gasteiger partial charge >= 0.3 is 0 Å². The van der Waals surface area contributed by atoms with Crippen LogP contribution in [-0.2, 0) is 44.8 Å². The fraction of sp³-hybridized carbons (Fsp3) is 0.595. The second-order valence-electron chi connectivity index (χ2n) is 15.2. The molecule has 0 spiro atoms. The summed E-state index contributed by atoms with van der Waals surface area (Å²) >= 11 is 0. The number of hydrogen-bond acceptors (Lipinski definition) is 12. The number of aliphatic hydroxyl groups is 1. The van der Waals surface area contributed by atoms with Gasteiger partial charge in [-0.1, -0.05) is 52.0 Å². The van der Waals surface area contributed by atoms with Gasteiger partial charge in [0.2, 0.25) is 53.1 Å². The van der Waals surface area contributed by atoms with Crippen LogP contribution in [0.5, 0.6) is 0 Å². The molecule has 3 rings (SSSR count). The third kappa shape index (κ3) is 13.6. The van der Waals surface area contributed by atoms with Crippen LogP contribution in [0.4, 0.5) is 0 Å². The van der Waals surface area contributed by atoms with Gasteiger partial charge in [0.25, 0.3) is 0 Å². The van der Waals surface area contributed by atoms with E-state index in [1.165, 1.54) is 18.7 Å². The Balaban J connectivity index is 1.78. The van der Waals surface area contributed by atoms with E-state index in [0.29, 0.717) is 23.4 Å². The molecule has 8 amide bonds. The molecule has 2 aromatic rings. The largest absolute Gasteiger partial charge is 0.391 e. The van der Waals surface area contributed by atoms with Crippen molar-refractivity contribution >= 4 is 47.3 Å². The highest BCUT2D eigenvalue weighted by molar-refractivity contribution is 5.97. The Hall–Kier alpha value is -5.99. The molecule has 1 aromatic carbocycles. The van der Waals surface area contributed by atoms with Crippen LogP contribution in [0.1, 0.15) is 79.2 Å². The smallest absolute Gasteiger partial charge is 0.245 e. The summed E-state index contributed by atoms with van der Waals surface area (Å²) in [5, 5.41) is 37.0. The normalized spacial score (nSPS) is 17.0. The fourth-order valence-corrected chi connectivity index (χ4v) is 6.52. The zero-order valence-electron chi connectivity index (χ0n) is 33.6. The lowest BCUT2D eigenvalue weighted by atomic mass is 9.99. The molecule has 2 heterocycles. The molecule has 1 fully saturated rings. The van der Waals surface area contributed by atoms with Crippen molar-refractivity contribution in [2.24, 2.45) is 23.3 Å². The maximum absolute atomic E-state index is 14.2. The van der Waals surface area contributed by atoms with Crippen LogP contribution in [-0.4, -0.2) is 127 Å². The summed E-state index contributed by atoms with van der Waals surface area (Å²) in [6, 6.07) is -0.366. The average molecular weight is 813 g/mol. The SMILES string of the molecule is CC(=O)N[C@@H](Cc1ccc(-c2nn[nH]n2)cc1)C(=O)N[C@@H](CC(C)C)C(=O)N1CCC[C@@H]1C(=O)N[C@@H](CCC(N)=O)C(=O)N[C@H](C(=O)N[C@H](C(N)=O)C(C)C)[C@@H](C)O. The van der Waals surface area contributed by atoms with Gasteiger partial charge in [0.15, 0.2) is 0 Å². The molecule has 58 heavy (non-hydrogen) atoms. The van der Waals surface area contributed by atoms with Gasteiger partial charge in [-0.3, -0.25) is 38.4 Å². The molecule has 1 saturated heterocycles. The topological polar surface area (TPSA) is 327 Å². The number of aromatic nitrogens is 4. The van der Waals surface area contributed by atoms with Crippen molar-refractivity contribution in [3.63, 3.8) is 0 Å². The van der Waals surface area contributed by atoms with Crippen molar-refractivity contribution in [3.05, 3.63) is 29.8 Å². The molecule has 318 valence electrons. The number of nitrogens with two attached hydrogens (primary N) is 2. The molecule has 7 atom stereocenters. The number of nitrogens with one attached hydrogen (secondary N) is 6. The predicted molar refractivity (Wildman–Crippen MR) is 207 cm³/mol. The number of carbonyl (C=O) groups is 8. The first-order chi connectivity index (χ1) is 27.3. The number of aromatic amines is 1. The first-order valence-electron chi connectivity index (χ1n) is 19.2. The van der Waals surface area contributed by atoms with E-state index >= 15 is 0 Å². The number of nitrogens with zero attached hydrogens (tertiary/aromatic N) is 4. The van der Waals surface area contributed by atoms with Gasteiger partial charge in [-0.2, -0.15) is 5.21 Å². The first kappa shape index (κ1) is 46.4. The summed E-state index contributed by atoms with van der Waals surface area (Å²) in [7, 11) is 0. The Bertz CT molecular complexity index is 1770. The van der Waals surface area contributed by atoms with E-state index in [0.717, 1.165) is 0 Å². The van der Waals surface area contributed by atoms with Gasteiger partial charge in [-0.25, -0.2) is 0 Å². The molecular weight excluding hydrogens is 756 g/mol. The minimum Gasteiger partial charge on any atom is -0.391 e. The molecule has 0 bridgehead atoms. The zero-order chi connectivity index (χ0) is 43.3. The predicted octanol–water partition coefficient (Wildman–Crippen LogP) is -2.32. The van der Waals surface area contributed by atoms with Crippen molar-refractivity contribution in [1.82, 2.24) is 52.1 Å². The third-order valence-corrected chi connectivity index (χ3v) is 9.50. The number of rotatable bonds is 21. The summed E-state index contributed by atoms with van der Waals surface area (Å²) in [6.07, 6.45) is -1.17. The Morgan fingerprint density at radius 1 is 0.845 bits per heavy atom. The molecule has 21 nitrogen and oxygen atoms in total. The van der Waals surface area contributed by atoms with Crippen LogP contribution >= 0.6 is 0 Å². The lowest BCUT2D eigenvalue weighted by Crippen LogP contribution is -2.61. The second-order valence-corrected chi connectivity index (χ2v) is 15.2. The van der Waals surface area contributed by atoms with Gasteiger partial charge in [0.1, 0.15) is 36.3 Å². The zero-order valence-corrected chi connectivity index (χ0v) is 33.6. The van der Waals surface area contributed by atoms with Crippen molar-refractivity contribution in [2.45, 2.75) is 122 Å². The maximum Gasteiger partial charge on any atom is 0.245 e. The number of aliphatic hydroxyl groups excluding tert-OH is 1. The lowest BCUT2D eigenvalue weighted by molar-refractivity contribution is -0.143. The summed E-state index contributed by atoms with van der Waals surface area (Å²) < 4.78 is 0. The number of amides is 8. The number of H-pyrrole nitrogens is 1. The van der Waals surface area contributed by atoms with Crippen molar-refractivity contribution in [1.29, 1.82) is 0 Å². The van der Waals surface area contributed by atoms with E-state index in [1.807, 2.05) is 13.8 Å². The number of carbonyl (C=O) groups excluding carboxylic acids is 8. The van der Waals surface area contributed by atoms with Crippen LogP contribution in [0.25, 0.3) is 11.4 Å². The lowest BCUT2D eigenvalue weighted by Gasteiger charge is -2.31. The van der Waals surface area contributed by atoms with Crippen molar-refractivity contribution < 1.29 is 43.5 Å². The molecule has 0 aliphatic carbocycles. The highest BCUT2D eigenvalue weighted by atomic mass is 16.3. The summed E-state index contributed by atoms with van der Waals surface area (Å²) in [4.78, 5) is 106. The molecule has 1 aliphatic heterocycles. The summed E-state index contributed by atoms with van der Waals surface area (Å²) in [6.45, 7) is 9.66. The Labute approximate surface area is 335 Å². The van der Waals surface area contributed by atoms with Crippen LogP contribution in [0.3, 0.4) is 0 Å². The van der Waals surface area contributed by atoms with E-state index in [-0.39, 0.29) is 44.6 Å². The Morgan fingerprint density at radius 3 is 2.02 bits per heavy atom. The van der Waals surface area contributed by atoms with Crippen LogP contribution in [0, 0.1) is 11.8 Å². The molecule has 0 saturated carbocycles. The fourth-order valence-electron chi connectivity index (χ4n) is 6.52. The van der Waals surface area contributed by atoms with Crippen LogP contribution < -0.4 is 38.1 Å². The minimum absolute atomic E-state index is 0.0826. The molecule has 11 N–H and O–H groups in total. The summed E-state index contributed by atoms with van der Waals surface area (Å²) in [5.41, 5.74) is 12.1. The Morgan fingerprint density at radius 2 is 1.48 bits per heavy atom. The summed E-state index contributed by atoms with van der Waals surface area (Å²) in [5.74, 6) is -5.94. The highest BCUT2D eigenvalue weighted by Gasteiger charge is 2.40.